The molecule has 25 heavy (non-hydrogen) atoms. The molecule has 0 aromatic carbocycles. The maximum Gasteiger partial charge on any atom is 0.263 e. The third kappa shape index (κ3) is 4.64. The monoisotopic (exact) mass is 381 g/mol. The molecular formula is C18H27N3O2S2. The van der Waals surface area contributed by atoms with Crippen molar-refractivity contribution in [1.29, 1.82) is 0 Å². The average Bonchev–Trinajstić information content (AvgIpc) is 2.82. The Bertz CT molecular complexity index is 824. The van der Waals surface area contributed by atoms with E-state index in [9.17, 15) is 9.59 Å². The molecule has 2 aromatic rings. The lowest BCUT2D eigenvalue weighted by Gasteiger charge is -2.15. The summed E-state index contributed by atoms with van der Waals surface area (Å²) in [5.74, 6) is 0.567. The van der Waals surface area contributed by atoms with E-state index >= 15 is 0 Å². The van der Waals surface area contributed by atoms with Gasteiger partial charge in [-0.1, -0.05) is 32.5 Å². The van der Waals surface area contributed by atoms with E-state index in [2.05, 4.69) is 19.2 Å². The summed E-state index contributed by atoms with van der Waals surface area (Å²) in [6, 6.07) is 0.156. The van der Waals surface area contributed by atoms with E-state index in [1.54, 1.807) is 15.9 Å². The molecule has 0 saturated carbocycles. The van der Waals surface area contributed by atoms with Gasteiger partial charge in [-0.2, -0.15) is 0 Å². The molecule has 0 unspecified atom stereocenters. The van der Waals surface area contributed by atoms with Gasteiger partial charge in [-0.3, -0.25) is 14.2 Å². The summed E-state index contributed by atoms with van der Waals surface area (Å²) in [5.41, 5.74) is 1.02. The summed E-state index contributed by atoms with van der Waals surface area (Å²) < 4.78 is 1.73. The minimum atomic E-state index is -0.0247. The number of hydrogen-bond donors (Lipinski definition) is 1. The largest absolute Gasteiger partial charge is 0.353 e. The first kappa shape index (κ1) is 20.0. The normalized spacial score (nSPS) is 12.8. The second-order valence-corrected chi connectivity index (χ2v) is 8.98. The van der Waals surface area contributed by atoms with Gasteiger partial charge < -0.3 is 5.32 Å². The smallest absolute Gasteiger partial charge is 0.263 e. The predicted octanol–water partition coefficient (Wildman–Crippen LogP) is 3.74. The number of fused-ring (bicyclic) bond motifs is 1. The Kier molecular flexibility index (Phi) is 6.68. The number of nitrogens with one attached hydrogen (secondary N) is 1. The van der Waals surface area contributed by atoms with Crippen molar-refractivity contribution < 1.29 is 4.79 Å². The van der Waals surface area contributed by atoms with Gasteiger partial charge in [0, 0.05) is 17.5 Å². The number of carbonyl (C=O) groups excluding carboxylic acids is 1. The quantitative estimate of drug-likeness (QED) is 0.586. The summed E-state index contributed by atoms with van der Waals surface area (Å²) in [5, 5.41) is 4.30. The fraction of sp³-hybridized carbons (Fsp3) is 0.611. The molecule has 2 heterocycles. The van der Waals surface area contributed by atoms with Crippen molar-refractivity contribution in [3.63, 3.8) is 0 Å². The summed E-state index contributed by atoms with van der Waals surface area (Å²) >= 11 is 2.89. The van der Waals surface area contributed by atoms with Crippen LogP contribution in [0.1, 0.15) is 44.6 Å². The van der Waals surface area contributed by atoms with Gasteiger partial charge in [0.05, 0.1) is 11.1 Å². The Morgan fingerprint density at radius 1 is 1.32 bits per heavy atom. The van der Waals surface area contributed by atoms with E-state index in [-0.39, 0.29) is 23.3 Å². The Morgan fingerprint density at radius 3 is 2.60 bits per heavy atom. The van der Waals surface area contributed by atoms with Crippen LogP contribution in [0.3, 0.4) is 0 Å². The van der Waals surface area contributed by atoms with Crippen LogP contribution < -0.4 is 10.9 Å². The first-order valence-corrected chi connectivity index (χ1v) is 10.5. The zero-order valence-electron chi connectivity index (χ0n) is 15.8. The summed E-state index contributed by atoms with van der Waals surface area (Å²) in [6.45, 7) is 12.8. The molecule has 2 rings (SSSR count). The van der Waals surface area contributed by atoms with Crippen LogP contribution in [-0.2, 0) is 11.3 Å². The Labute approximate surface area is 157 Å². The van der Waals surface area contributed by atoms with Gasteiger partial charge in [0.2, 0.25) is 5.91 Å². The first-order valence-electron chi connectivity index (χ1n) is 8.67. The summed E-state index contributed by atoms with van der Waals surface area (Å²) in [4.78, 5) is 31.7. The number of hydrogen-bond acceptors (Lipinski definition) is 5. The van der Waals surface area contributed by atoms with Gasteiger partial charge in [0.1, 0.15) is 4.83 Å². The zero-order valence-corrected chi connectivity index (χ0v) is 17.4. The highest BCUT2D eigenvalue weighted by Crippen LogP contribution is 2.28. The molecule has 7 heteroatoms. The van der Waals surface area contributed by atoms with Gasteiger partial charge in [0.15, 0.2) is 5.16 Å². The van der Waals surface area contributed by atoms with Crippen molar-refractivity contribution in [3.8, 4) is 0 Å². The lowest BCUT2D eigenvalue weighted by atomic mass is 10.2. The van der Waals surface area contributed by atoms with Crippen molar-refractivity contribution in [2.75, 3.05) is 5.75 Å². The standard InChI is InChI=1S/C18H27N3O2S2/c1-7-11(4)19-14(22)9-24-18-20-16-15(12(5)13(6)25-16)17(23)21(18)8-10(2)3/h10-11H,7-9H2,1-6H3,(H,19,22)/t11-/m0/s1. The van der Waals surface area contributed by atoms with Gasteiger partial charge in [0.25, 0.3) is 5.56 Å². The SMILES string of the molecule is CC[C@H](C)NC(=O)CSc1nc2sc(C)c(C)c2c(=O)n1CC(C)C. The van der Waals surface area contributed by atoms with Crippen LogP contribution in [0, 0.1) is 19.8 Å². The molecule has 138 valence electrons. The molecule has 0 bridgehead atoms. The van der Waals surface area contributed by atoms with Gasteiger partial charge in [-0.25, -0.2) is 4.98 Å². The van der Waals surface area contributed by atoms with E-state index in [1.165, 1.54) is 11.8 Å². The second-order valence-electron chi connectivity index (χ2n) is 6.83. The highest BCUT2D eigenvalue weighted by atomic mass is 32.2. The molecule has 0 saturated heterocycles. The fourth-order valence-electron chi connectivity index (χ4n) is 2.49. The van der Waals surface area contributed by atoms with E-state index in [4.69, 9.17) is 4.98 Å². The fourth-order valence-corrected chi connectivity index (χ4v) is 4.38. The van der Waals surface area contributed by atoms with Gasteiger partial charge in [-0.15, -0.1) is 11.3 Å². The molecule has 0 radical (unpaired) electrons. The van der Waals surface area contributed by atoms with Crippen LogP contribution in [0.25, 0.3) is 10.2 Å². The molecular weight excluding hydrogens is 354 g/mol. The molecule has 1 N–H and O–H groups in total. The van der Waals surface area contributed by atoms with Crippen LogP contribution in [0.2, 0.25) is 0 Å². The van der Waals surface area contributed by atoms with Crippen molar-refractivity contribution in [2.24, 2.45) is 5.92 Å². The van der Waals surface area contributed by atoms with E-state index in [1.807, 2.05) is 27.7 Å². The van der Waals surface area contributed by atoms with E-state index in [0.29, 0.717) is 17.6 Å². The maximum atomic E-state index is 13.0. The topological polar surface area (TPSA) is 64.0 Å². The molecule has 1 atom stereocenters. The van der Waals surface area contributed by atoms with Crippen LogP contribution >= 0.6 is 23.1 Å². The van der Waals surface area contributed by atoms with Gasteiger partial charge >= 0.3 is 0 Å². The summed E-state index contributed by atoms with van der Waals surface area (Å²) in [6.07, 6.45) is 0.895. The van der Waals surface area contributed by atoms with Crippen LogP contribution in [0.15, 0.2) is 9.95 Å². The zero-order chi connectivity index (χ0) is 18.7. The van der Waals surface area contributed by atoms with Crippen molar-refractivity contribution in [3.05, 3.63) is 20.8 Å². The number of nitrogens with zero attached hydrogens (tertiary/aromatic N) is 2. The lowest BCUT2D eigenvalue weighted by molar-refractivity contribution is -0.119. The highest BCUT2D eigenvalue weighted by Gasteiger charge is 2.18. The molecule has 0 aliphatic heterocycles. The van der Waals surface area contributed by atoms with Gasteiger partial charge in [-0.05, 0) is 38.7 Å². The molecule has 0 spiro atoms. The molecule has 1 amide bonds. The Morgan fingerprint density at radius 2 is 2.00 bits per heavy atom. The highest BCUT2D eigenvalue weighted by molar-refractivity contribution is 7.99. The molecule has 5 nitrogen and oxygen atoms in total. The Hall–Kier alpha value is -1.34. The number of rotatable bonds is 7. The molecule has 0 fully saturated rings. The van der Waals surface area contributed by atoms with Crippen LogP contribution in [0.5, 0.6) is 0 Å². The molecule has 0 aliphatic rings. The van der Waals surface area contributed by atoms with Crippen molar-refractivity contribution in [2.45, 2.75) is 65.7 Å². The van der Waals surface area contributed by atoms with E-state index < -0.39 is 0 Å². The van der Waals surface area contributed by atoms with Crippen LogP contribution in [-0.4, -0.2) is 27.3 Å². The minimum absolute atomic E-state index is 0.00499. The third-order valence-corrected chi connectivity index (χ3v) is 6.23. The number of aryl methyl sites for hydroxylation is 2. The number of carbonyl (C=O) groups is 1. The predicted molar refractivity (Wildman–Crippen MR) is 107 cm³/mol. The third-order valence-electron chi connectivity index (χ3n) is 4.15. The summed E-state index contributed by atoms with van der Waals surface area (Å²) in [7, 11) is 0. The van der Waals surface area contributed by atoms with Crippen LogP contribution in [0.4, 0.5) is 0 Å². The van der Waals surface area contributed by atoms with E-state index in [0.717, 1.165) is 27.1 Å². The number of thioether (sulfide) groups is 1. The lowest BCUT2D eigenvalue weighted by Crippen LogP contribution is -2.33. The molecule has 0 aliphatic carbocycles. The number of thiophene rings is 1. The number of amides is 1. The second kappa shape index (κ2) is 8.36. The van der Waals surface area contributed by atoms with Crippen molar-refractivity contribution >= 4 is 39.2 Å². The number of aromatic nitrogens is 2. The van der Waals surface area contributed by atoms with Crippen molar-refractivity contribution in [1.82, 2.24) is 14.9 Å². The first-order chi connectivity index (χ1) is 11.7. The maximum absolute atomic E-state index is 13.0. The molecule has 2 aromatic heterocycles. The Balaban J connectivity index is 2.37. The minimum Gasteiger partial charge on any atom is -0.353 e. The average molecular weight is 382 g/mol.